The maximum atomic E-state index is 13.3. The van der Waals surface area contributed by atoms with Crippen molar-refractivity contribution in [2.45, 2.75) is 18.9 Å². The van der Waals surface area contributed by atoms with Gasteiger partial charge >= 0.3 is 0 Å². The van der Waals surface area contributed by atoms with Crippen molar-refractivity contribution in [3.63, 3.8) is 0 Å². The van der Waals surface area contributed by atoms with E-state index in [4.69, 9.17) is 0 Å². The van der Waals surface area contributed by atoms with E-state index in [-0.39, 0.29) is 11.9 Å². The largest absolute Gasteiger partial charge is 0.377 e. The molecule has 1 N–H and O–H groups in total. The summed E-state index contributed by atoms with van der Waals surface area (Å²) in [5, 5.41) is 3.42. The van der Waals surface area contributed by atoms with Gasteiger partial charge in [-0.2, -0.15) is 0 Å². The van der Waals surface area contributed by atoms with Crippen LogP contribution in [-0.2, 0) is 6.42 Å². The molecule has 0 heterocycles. The van der Waals surface area contributed by atoms with Crippen LogP contribution in [0.15, 0.2) is 46.9 Å². The molecule has 2 aromatic rings. The Morgan fingerprint density at radius 3 is 2.89 bits per heavy atom. The molecule has 1 atom stereocenters. The number of nitrogens with one attached hydrogen (secondary N) is 1. The third-order valence-corrected chi connectivity index (χ3v) is 4.08. The first-order valence-electron chi connectivity index (χ1n) is 6.03. The lowest BCUT2D eigenvalue weighted by molar-refractivity contribution is 0.627. The number of halogens is 2. The minimum absolute atomic E-state index is 0.216. The van der Waals surface area contributed by atoms with Gasteiger partial charge in [-0.25, -0.2) is 4.39 Å². The highest BCUT2D eigenvalue weighted by Gasteiger charge is 2.22. The summed E-state index contributed by atoms with van der Waals surface area (Å²) in [5.74, 6) is -0.216. The second-order valence-corrected chi connectivity index (χ2v) is 5.41. The van der Waals surface area contributed by atoms with Crippen LogP contribution in [0.2, 0.25) is 0 Å². The fraction of sp³-hybridized carbons (Fsp3) is 0.200. The Kier molecular flexibility index (Phi) is 3.08. The predicted octanol–water partition coefficient (Wildman–Crippen LogP) is 4.69. The number of fused-ring (bicyclic) bond motifs is 1. The van der Waals surface area contributed by atoms with Crippen LogP contribution in [0.25, 0.3) is 0 Å². The van der Waals surface area contributed by atoms with Gasteiger partial charge in [-0.05, 0) is 58.1 Å². The minimum Gasteiger partial charge on any atom is -0.377 e. The average Bonchev–Trinajstić information content (AvgIpc) is 2.78. The van der Waals surface area contributed by atoms with Gasteiger partial charge in [0, 0.05) is 4.47 Å². The van der Waals surface area contributed by atoms with Crippen molar-refractivity contribution in [2.75, 3.05) is 5.32 Å². The molecule has 1 aliphatic carbocycles. The maximum absolute atomic E-state index is 13.3. The molecule has 1 unspecified atom stereocenters. The molecule has 1 nitrogen and oxygen atoms in total. The van der Waals surface area contributed by atoms with Crippen molar-refractivity contribution >= 4 is 21.6 Å². The SMILES string of the molecule is Fc1ccc(Br)c(NC2CCc3ccccc32)c1. The molecule has 92 valence electrons. The molecular formula is C15H13BrFN. The predicted molar refractivity (Wildman–Crippen MR) is 75.2 cm³/mol. The number of hydrogen-bond donors (Lipinski definition) is 1. The zero-order chi connectivity index (χ0) is 12.5. The van der Waals surface area contributed by atoms with Crippen molar-refractivity contribution in [2.24, 2.45) is 0 Å². The van der Waals surface area contributed by atoms with Crippen molar-refractivity contribution in [1.82, 2.24) is 0 Å². The van der Waals surface area contributed by atoms with Gasteiger partial charge < -0.3 is 5.32 Å². The second-order valence-electron chi connectivity index (χ2n) is 4.56. The Hall–Kier alpha value is -1.35. The molecule has 3 heteroatoms. The Morgan fingerprint density at radius 2 is 2.00 bits per heavy atom. The summed E-state index contributed by atoms with van der Waals surface area (Å²) in [4.78, 5) is 0. The van der Waals surface area contributed by atoms with E-state index in [9.17, 15) is 4.39 Å². The lowest BCUT2D eigenvalue weighted by Crippen LogP contribution is -2.07. The molecular weight excluding hydrogens is 293 g/mol. The Labute approximate surface area is 114 Å². The van der Waals surface area contributed by atoms with Gasteiger partial charge in [-0.3, -0.25) is 0 Å². The Morgan fingerprint density at radius 1 is 1.17 bits per heavy atom. The van der Waals surface area contributed by atoms with Crippen LogP contribution in [0.5, 0.6) is 0 Å². The normalized spacial score (nSPS) is 17.6. The number of aryl methyl sites for hydroxylation is 1. The van der Waals surface area contributed by atoms with Crippen LogP contribution >= 0.6 is 15.9 Å². The van der Waals surface area contributed by atoms with E-state index in [1.165, 1.54) is 23.3 Å². The Balaban J connectivity index is 1.88. The highest BCUT2D eigenvalue weighted by Crippen LogP contribution is 2.35. The summed E-state index contributed by atoms with van der Waals surface area (Å²) < 4.78 is 14.2. The van der Waals surface area contributed by atoms with Gasteiger partial charge in [0.25, 0.3) is 0 Å². The summed E-state index contributed by atoms with van der Waals surface area (Å²) in [7, 11) is 0. The zero-order valence-corrected chi connectivity index (χ0v) is 11.4. The topological polar surface area (TPSA) is 12.0 Å². The summed E-state index contributed by atoms with van der Waals surface area (Å²) in [6.45, 7) is 0. The third-order valence-electron chi connectivity index (χ3n) is 3.39. The van der Waals surface area contributed by atoms with Crippen LogP contribution in [0, 0.1) is 5.82 Å². The molecule has 18 heavy (non-hydrogen) atoms. The van der Waals surface area contributed by atoms with Gasteiger partial charge in [-0.15, -0.1) is 0 Å². The van der Waals surface area contributed by atoms with Gasteiger partial charge in [-0.1, -0.05) is 24.3 Å². The monoisotopic (exact) mass is 305 g/mol. The quantitative estimate of drug-likeness (QED) is 0.849. The van der Waals surface area contributed by atoms with Gasteiger partial charge in [0.05, 0.1) is 11.7 Å². The first-order valence-corrected chi connectivity index (χ1v) is 6.83. The first-order chi connectivity index (χ1) is 8.74. The summed E-state index contributed by atoms with van der Waals surface area (Å²) in [6, 6.07) is 13.4. The third kappa shape index (κ3) is 2.15. The molecule has 1 aliphatic rings. The maximum Gasteiger partial charge on any atom is 0.125 e. The van der Waals surface area contributed by atoms with Crippen LogP contribution in [0.3, 0.4) is 0 Å². The van der Waals surface area contributed by atoms with Crippen LogP contribution < -0.4 is 5.32 Å². The van der Waals surface area contributed by atoms with Crippen molar-refractivity contribution in [3.05, 3.63) is 63.9 Å². The van der Waals surface area contributed by atoms with E-state index in [1.807, 2.05) is 0 Å². The van der Waals surface area contributed by atoms with E-state index in [1.54, 1.807) is 6.07 Å². The minimum atomic E-state index is -0.216. The summed E-state index contributed by atoms with van der Waals surface area (Å²) >= 11 is 3.45. The van der Waals surface area contributed by atoms with E-state index in [0.29, 0.717) is 0 Å². The summed E-state index contributed by atoms with van der Waals surface area (Å²) in [5.41, 5.74) is 3.54. The van der Waals surface area contributed by atoms with E-state index >= 15 is 0 Å². The van der Waals surface area contributed by atoms with E-state index in [2.05, 4.69) is 45.5 Å². The molecule has 0 bridgehead atoms. The first kappa shape index (κ1) is 11.7. The van der Waals surface area contributed by atoms with Crippen LogP contribution in [0.1, 0.15) is 23.6 Å². The lowest BCUT2D eigenvalue weighted by Gasteiger charge is -2.16. The van der Waals surface area contributed by atoms with Crippen LogP contribution in [0.4, 0.5) is 10.1 Å². The van der Waals surface area contributed by atoms with Gasteiger partial charge in [0.1, 0.15) is 5.82 Å². The molecule has 0 saturated carbocycles. The number of hydrogen-bond acceptors (Lipinski definition) is 1. The van der Waals surface area contributed by atoms with Crippen molar-refractivity contribution in [1.29, 1.82) is 0 Å². The highest BCUT2D eigenvalue weighted by atomic mass is 79.9. The molecule has 2 aromatic carbocycles. The molecule has 0 aliphatic heterocycles. The van der Waals surface area contributed by atoms with Crippen molar-refractivity contribution in [3.8, 4) is 0 Å². The molecule has 0 fully saturated rings. The number of benzene rings is 2. The summed E-state index contributed by atoms with van der Waals surface area (Å²) in [6.07, 6.45) is 2.14. The second kappa shape index (κ2) is 4.73. The molecule has 0 spiro atoms. The van der Waals surface area contributed by atoms with E-state index < -0.39 is 0 Å². The number of anilines is 1. The molecule has 0 aromatic heterocycles. The van der Waals surface area contributed by atoms with Gasteiger partial charge in [0.15, 0.2) is 0 Å². The molecule has 0 saturated heterocycles. The molecule has 3 rings (SSSR count). The smallest absolute Gasteiger partial charge is 0.125 e. The van der Waals surface area contributed by atoms with E-state index in [0.717, 1.165) is 23.0 Å². The Bertz CT molecular complexity index is 582. The molecule has 0 radical (unpaired) electrons. The van der Waals surface area contributed by atoms with Crippen molar-refractivity contribution < 1.29 is 4.39 Å². The zero-order valence-electron chi connectivity index (χ0n) is 9.79. The highest BCUT2D eigenvalue weighted by molar-refractivity contribution is 9.10. The fourth-order valence-corrected chi connectivity index (χ4v) is 2.86. The standard InChI is InChI=1S/C15H13BrFN/c16-13-7-6-11(17)9-15(13)18-14-8-5-10-3-1-2-4-12(10)14/h1-4,6-7,9,14,18H,5,8H2. The molecule has 0 amide bonds. The lowest BCUT2D eigenvalue weighted by atomic mass is 10.1. The fourth-order valence-electron chi connectivity index (χ4n) is 2.50. The number of rotatable bonds is 2. The average molecular weight is 306 g/mol. The van der Waals surface area contributed by atoms with Gasteiger partial charge in [0.2, 0.25) is 0 Å². The van der Waals surface area contributed by atoms with Crippen LogP contribution in [-0.4, -0.2) is 0 Å².